The number of ketones is 1. The molecule has 0 radical (unpaired) electrons. The average Bonchev–Trinajstić information content (AvgIpc) is 2.40. The van der Waals surface area contributed by atoms with Gasteiger partial charge in [0.1, 0.15) is 5.75 Å². The molecule has 0 bridgehead atoms. The molecule has 0 fully saturated rings. The lowest BCUT2D eigenvalue weighted by Gasteiger charge is -2.10. The number of nitrogens with zero attached hydrogens (tertiary/aromatic N) is 1. The second kappa shape index (κ2) is 5.42. The lowest BCUT2D eigenvalue weighted by atomic mass is 10.0. The molecule has 2 aromatic rings. The zero-order chi connectivity index (χ0) is 13.0. The van der Waals surface area contributed by atoms with Gasteiger partial charge < -0.3 is 10.2 Å². The summed E-state index contributed by atoms with van der Waals surface area (Å²) in [6.45, 7) is 0. The quantitative estimate of drug-likeness (QED) is 0.807. The van der Waals surface area contributed by atoms with Gasteiger partial charge in [0, 0.05) is 18.8 Å². The maximum absolute atomic E-state index is 11.9. The molecule has 0 spiro atoms. The molecular formula is C14H13NO3. The van der Waals surface area contributed by atoms with Crippen molar-refractivity contribution in [2.75, 3.05) is 0 Å². The Morgan fingerprint density at radius 3 is 2.50 bits per heavy atom. The fraction of sp³-hybridized carbons (Fsp3) is 0.143. The predicted octanol–water partition coefficient (Wildman–Crippen LogP) is 2.09. The van der Waals surface area contributed by atoms with E-state index in [1.165, 1.54) is 12.1 Å². The average molecular weight is 243 g/mol. The van der Waals surface area contributed by atoms with E-state index in [-0.39, 0.29) is 23.5 Å². The molecule has 4 heteroatoms. The molecule has 0 aliphatic heterocycles. The van der Waals surface area contributed by atoms with E-state index in [0.717, 1.165) is 0 Å². The van der Waals surface area contributed by atoms with Gasteiger partial charge >= 0.3 is 0 Å². The Labute approximate surface area is 105 Å². The Morgan fingerprint density at radius 2 is 1.83 bits per heavy atom. The van der Waals surface area contributed by atoms with Crippen LogP contribution in [0, 0.1) is 0 Å². The molecule has 1 heterocycles. The van der Waals surface area contributed by atoms with Crippen molar-refractivity contribution >= 4 is 5.78 Å². The van der Waals surface area contributed by atoms with Crippen molar-refractivity contribution in [1.82, 2.24) is 4.98 Å². The topological polar surface area (TPSA) is 70.4 Å². The first kappa shape index (κ1) is 12.3. The Morgan fingerprint density at radius 1 is 1.17 bits per heavy atom. The van der Waals surface area contributed by atoms with Gasteiger partial charge in [0.05, 0.1) is 11.7 Å². The maximum Gasteiger partial charge on any atom is 0.169 e. The van der Waals surface area contributed by atoms with Gasteiger partial charge in [-0.2, -0.15) is 0 Å². The third kappa shape index (κ3) is 2.73. The molecule has 1 atom stereocenters. The number of carbonyl (C=O) groups excluding carboxylic acids is 1. The van der Waals surface area contributed by atoms with E-state index >= 15 is 0 Å². The lowest BCUT2D eigenvalue weighted by Crippen LogP contribution is -2.07. The summed E-state index contributed by atoms with van der Waals surface area (Å²) in [6.07, 6.45) is 2.16. The highest BCUT2D eigenvalue weighted by Gasteiger charge is 2.16. The molecule has 4 nitrogen and oxygen atoms in total. The van der Waals surface area contributed by atoms with Crippen LogP contribution in [0.1, 0.15) is 28.4 Å². The highest BCUT2D eigenvalue weighted by molar-refractivity contribution is 5.98. The number of pyridine rings is 1. The number of hydrogen-bond donors (Lipinski definition) is 2. The summed E-state index contributed by atoms with van der Waals surface area (Å²) in [5.41, 5.74) is 0.861. The standard InChI is InChI=1S/C14H13NO3/c16-12-4-2-1-3-11(12)14(18)9-13(17)10-5-7-15-8-6-10/h1-8,13,16-17H,9H2. The number of rotatable bonds is 4. The van der Waals surface area contributed by atoms with Gasteiger partial charge in [0.15, 0.2) is 5.78 Å². The third-order valence-electron chi connectivity index (χ3n) is 2.67. The number of carbonyl (C=O) groups is 1. The monoisotopic (exact) mass is 243 g/mol. The van der Waals surface area contributed by atoms with Gasteiger partial charge in [-0.3, -0.25) is 9.78 Å². The Bertz CT molecular complexity index is 540. The summed E-state index contributed by atoms with van der Waals surface area (Å²) in [4.78, 5) is 15.8. The molecule has 0 saturated carbocycles. The zero-order valence-corrected chi connectivity index (χ0v) is 9.65. The Hall–Kier alpha value is -2.20. The van der Waals surface area contributed by atoms with Gasteiger partial charge in [-0.1, -0.05) is 12.1 Å². The Balaban J connectivity index is 2.11. The minimum atomic E-state index is -0.889. The van der Waals surface area contributed by atoms with Gasteiger partial charge in [0.25, 0.3) is 0 Å². The minimum absolute atomic E-state index is 0.0653. The lowest BCUT2D eigenvalue weighted by molar-refractivity contribution is 0.0877. The first-order valence-corrected chi connectivity index (χ1v) is 5.57. The van der Waals surface area contributed by atoms with E-state index in [1.54, 1.807) is 36.7 Å². The van der Waals surface area contributed by atoms with E-state index in [9.17, 15) is 15.0 Å². The van der Waals surface area contributed by atoms with Crippen molar-refractivity contribution in [2.24, 2.45) is 0 Å². The van der Waals surface area contributed by atoms with Crippen molar-refractivity contribution in [1.29, 1.82) is 0 Å². The van der Waals surface area contributed by atoms with Crippen molar-refractivity contribution in [2.45, 2.75) is 12.5 Å². The third-order valence-corrected chi connectivity index (χ3v) is 2.67. The summed E-state index contributed by atoms with van der Waals surface area (Å²) in [5.74, 6) is -0.359. The van der Waals surface area contributed by atoms with Crippen LogP contribution in [-0.4, -0.2) is 21.0 Å². The highest BCUT2D eigenvalue weighted by atomic mass is 16.3. The summed E-state index contributed by atoms with van der Waals surface area (Å²) in [7, 11) is 0. The number of aromatic nitrogens is 1. The van der Waals surface area contributed by atoms with Crippen molar-refractivity contribution < 1.29 is 15.0 Å². The normalized spacial score (nSPS) is 12.1. The molecule has 2 rings (SSSR count). The molecule has 1 aromatic carbocycles. The summed E-state index contributed by atoms with van der Waals surface area (Å²) in [5, 5.41) is 19.5. The van der Waals surface area contributed by atoms with E-state index < -0.39 is 6.10 Å². The van der Waals surface area contributed by atoms with Crippen molar-refractivity contribution in [3.8, 4) is 5.75 Å². The first-order chi connectivity index (χ1) is 8.68. The number of benzene rings is 1. The fourth-order valence-electron chi connectivity index (χ4n) is 1.70. The smallest absolute Gasteiger partial charge is 0.169 e. The molecule has 1 aromatic heterocycles. The number of phenols is 1. The molecule has 0 amide bonds. The fourth-order valence-corrected chi connectivity index (χ4v) is 1.70. The number of hydrogen-bond acceptors (Lipinski definition) is 4. The van der Waals surface area contributed by atoms with E-state index in [0.29, 0.717) is 5.56 Å². The largest absolute Gasteiger partial charge is 0.507 e. The van der Waals surface area contributed by atoms with Crippen LogP contribution < -0.4 is 0 Å². The second-order valence-electron chi connectivity index (χ2n) is 3.94. The number of aliphatic hydroxyl groups is 1. The van der Waals surface area contributed by atoms with Crippen molar-refractivity contribution in [3.05, 3.63) is 59.9 Å². The van der Waals surface area contributed by atoms with E-state index in [1.807, 2.05) is 0 Å². The van der Waals surface area contributed by atoms with Gasteiger partial charge in [-0.05, 0) is 29.8 Å². The van der Waals surface area contributed by atoms with Gasteiger partial charge in [0.2, 0.25) is 0 Å². The molecule has 0 saturated heterocycles. The van der Waals surface area contributed by atoms with Crippen LogP contribution in [0.5, 0.6) is 5.75 Å². The molecule has 2 N–H and O–H groups in total. The molecule has 18 heavy (non-hydrogen) atoms. The SMILES string of the molecule is O=C(CC(O)c1ccncc1)c1ccccc1O. The second-order valence-corrected chi connectivity index (χ2v) is 3.94. The molecule has 0 aliphatic rings. The van der Waals surface area contributed by atoms with Crippen LogP contribution in [0.2, 0.25) is 0 Å². The first-order valence-electron chi connectivity index (χ1n) is 5.57. The molecular weight excluding hydrogens is 230 g/mol. The van der Waals surface area contributed by atoms with Gasteiger partial charge in [-0.15, -0.1) is 0 Å². The molecule has 1 unspecified atom stereocenters. The summed E-state index contributed by atoms with van der Waals surface area (Å²) >= 11 is 0. The van der Waals surface area contributed by atoms with Crippen LogP contribution in [0.25, 0.3) is 0 Å². The van der Waals surface area contributed by atoms with E-state index in [4.69, 9.17) is 0 Å². The van der Waals surface area contributed by atoms with Gasteiger partial charge in [-0.25, -0.2) is 0 Å². The minimum Gasteiger partial charge on any atom is -0.507 e. The maximum atomic E-state index is 11.9. The number of phenolic OH excluding ortho intramolecular Hbond substituents is 1. The highest BCUT2D eigenvalue weighted by Crippen LogP contribution is 2.22. The number of aromatic hydroxyl groups is 1. The predicted molar refractivity (Wildman–Crippen MR) is 66.3 cm³/mol. The van der Waals surface area contributed by atoms with E-state index in [2.05, 4.69) is 4.98 Å². The zero-order valence-electron chi connectivity index (χ0n) is 9.65. The van der Waals surface area contributed by atoms with Crippen LogP contribution >= 0.6 is 0 Å². The van der Waals surface area contributed by atoms with Crippen molar-refractivity contribution in [3.63, 3.8) is 0 Å². The number of Topliss-reactive ketones (excluding diaryl/α,β-unsaturated/α-hetero) is 1. The molecule has 0 aliphatic carbocycles. The van der Waals surface area contributed by atoms with Crippen LogP contribution in [0.4, 0.5) is 0 Å². The number of para-hydroxylation sites is 1. The van der Waals surface area contributed by atoms with Crippen LogP contribution in [-0.2, 0) is 0 Å². The molecule has 92 valence electrons. The van der Waals surface area contributed by atoms with Crippen LogP contribution in [0.15, 0.2) is 48.8 Å². The summed E-state index contributed by atoms with van der Waals surface area (Å²) in [6, 6.07) is 9.62. The Kier molecular flexibility index (Phi) is 3.69. The van der Waals surface area contributed by atoms with Crippen LogP contribution in [0.3, 0.4) is 0 Å². The summed E-state index contributed by atoms with van der Waals surface area (Å²) < 4.78 is 0. The number of aliphatic hydroxyl groups excluding tert-OH is 1.